The van der Waals surface area contributed by atoms with Gasteiger partial charge in [0.2, 0.25) is 11.7 Å². The summed E-state index contributed by atoms with van der Waals surface area (Å²) in [6, 6.07) is 17.1. The molecule has 0 saturated heterocycles. The zero-order chi connectivity index (χ0) is 28.7. The van der Waals surface area contributed by atoms with E-state index >= 15 is 0 Å². The van der Waals surface area contributed by atoms with Crippen LogP contribution in [0.1, 0.15) is 36.8 Å². The highest BCUT2D eigenvalue weighted by atomic mass is 32.2. The van der Waals surface area contributed by atoms with E-state index in [0.29, 0.717) is 53.2 Å². The number of ether oxygens (including phenoxy) is 2. The average Bonchev–Trinajstić information content (AvgIpc) is 3.58. The van der Waals surface area contributed by atoms with Gasteiger partial charge < -0.3 is 14.8 Å². The second kappa shape index (κ2) is 11.3. The van der Waals surface area contributed by atoms with E-state index in [1.165, 1.54) is 23.1 Å². The normalized spacial score (nSPS) is 15.8. The minimum absolute atomic E-state index is 0.0351. The van der Waals surface area contributed by atoms with Gasteiger partial charge in [0.1, 0.15) is 10.6 Å². The first kappa shape index (κ1) is 27.5. The molecule has 0 bridgehead atoms. The number of thiophene rings is 1. The number of thioether (sulfide) groups is 1. The summed E-state index contributed by atoms with van der Waals surface area (Å²) >= 11 is 2.86. The number of hydrogen-bond donors (Lipinski definition) is 1. The van der Waals surface area contributed by atoms with Gasteiger partial charge >= 0.3 is 0 Å². The fourth-order valence-corrected chi connectivity index (χ4v) is 7.22. The summed E-state index contributed by atoms with van der Waals surface area (Å²) in [5, 5.41) is 12.7. The fourth-order valence-electron chi connectivity index (χ4n) is 5.05. The summed E-state index contributed by atoms with van der Waals surface area (Å²) in [5.74, 6) is 1.31. The molecule has 6 rings (SSSR count). The highest BCUT2D eigenvalue weighted by Crippen LogP contribution is 2.38. The maximum absolute atomic E-state index is 14.2. The van der Waals surface area contributed by atoms with Crippen molar-refractivity contribution < 1.29 is 14.3 Å². The molecule has 212 valence electrons. The standard InChI is InChI=1S/C30H31N5O4S2/c1-17(2)23-14-22-24(16-39-23)41-28-25(22)27(37)34(20-10-12-21(38-4)13-11-20)29-32-33-30(35(28)29)40-18(3)26(36)31-15-19-8-6-5-7-9-19/h5-13,17-18,23H,14-16H2,1-4H3,(H,31,36). The molecule has 5 aromatic rings. The summed E-state index contributed by atoms with van der Waals surface area (Å²) in [6.45, 7) is 7.03. The zero-order valence-corrected chi connectivity index (χ0v) is 24.9. The number of amides is 1. The molecule has 0 radical (unpaired) electrons. The minimum Gasteiger partial charge on any atom is -0.497 e. The molecule has 11 heteroatoms. The van der Waals surface area contributed by atoms with Crippen LogP contribution in [0.3, 0.4) is 0 Å². The number of fused-ring (bicyclic) bond motifs is 5. The van der Waals surface area contributed by atoms with Crippen LogP contribution in [-0.4, -0.2) is 43.5 Å². The Hall–Kier alpha value is -3.67. The van der Waals surface area contributed by atoms with Crippen LogP contribution in [0.25, 0.3) is 21.7 Å². The number of carbonyl (C=O) groups excluding carboxylic acids is 1. The van der Waals surface area contributed by atoms with Gasteiger partial charge in [-0.15, -0.1) is 21.5 Å². The lowest BCUT2D eigenvalue weighted by molar-refractivity contribution is -0.120. The van der Waals surface area contributed by atoms with E-state index in [9.17, 15) is 9.59 Å². The van der Waals surface area contributed by atoms with E-state index in [2.05, 4.69) is 29.4 Å². The van der Waals surface area contributed by atoms with Crippen LogP contribution in [0, 0.1) is 5.92 Å². The number of hydrogen-bond acceptors (Lipinski definition) is 8. The zero-order valence-electron chi connectivity index (χ0n) is 23.3. The van der Waals surface area contributed by atoms with Crippen molar-refractivity contribution in [2.45, 2.75) is 56.9 Å². The summed E-state index contributed by atoms with van der Waals surface area (Å²) in [4.78, 5) is 29.1. The molecule has 3 aromatic heterocycles. The molecule has 1 aliphatic heterocycles. The Balaban J connectivity index is 1.45. The van der Waals surface area contributed by atoms with E-state index in [0.717, 1.165) is 20.8 Å². The van der Waals surface area contributed by atoms with E-state index in [1.54, 1.807) is 11.7 Å². The number of rotatable bonds is 8. The molecular weight excluding hydrogens is 558 g/mol. The Morgan fingerprint density at radius 3 is 2.61 bits per heavy atom. The van der Waals surface area contributed by atoms with Crippen molar-refractivity contribution in [3.63, 3.8) is 0 Å². The van der Waals surface area contributed by atoms with Crippen LogP contribution in [0.2, 0.25) is 0 Å². The lowest BCUT2D eigenvalue weighted by atomic mass is 9.96. The third kappa shape index (κ3) is 5.13. The second-order valence-corrected chi connectivity index (χ2v) is 12.8. The molecule has 0 fully saturated rings. The van der Waals surface area contributed by atoms with Crippen molar-refractivity contribution >= 4 is 45.0 Å². The number of nitrogens with one attached hydrogen (secondary N) is 1. The molecule has 1 amide bonds. The van der Waals surface area contributed by atoms with Gasteiger partial charge in [0.15, 0.2) is 5.16 Å². The van der Waals surface area contributed by atoms with Crippen LogP contribution in [-0.2, 0) is 29.1 Å². The SMILES string of the molecule is COc1ccc(-n2c(=O)c3c4c(sc3n3c(SC(C)C(=O)NCc5ccccc5)nnc23)COC(C(C)C)C4)cc1. The molecule has 0 saturated carbocycles. The molecule has 0 spiro atoms. The highest BCUT2D eigenvalue weighted by molar-refractivity contribution is 8.00. The Morgan fingerprint density at radius 1 is 1.15 bits per heavy atom. The van der Waals surface area contributed by atoms with Crippen LogP contribution in [0.4, 0.5) is 0 Å². The summed E-state index contributed by atoms with van der Waals surface area (Å²) < 4.78 is 15.0. The van der Waals surface area contributed by atoms with Crippen LogP contribution in [0.5, 0.6) is 5.75 Å². The summed E-state index contributed by atoms with van der Waals surface area (Å²) in [6.07, 6.45) is 0.701. The molecule has 9 nitrogen and oxygen atoms in total. The van der Waals surface area contributed by atoms with Crippen molar-refractivity contribution in [3.8, 4) is 11.4 Å². The number of benzene rings is 2. The van der Waals surface area contributed by atoms with Crippen LogP contribution in [0.15, 0.2) is 64.5 Å². The lowest BCUT2D eigenvalue weighted by Gasteiger charge is -2.26. The number of methoxy groups -OCH3 is 1. The molecule has 2 aromatic carbocycles. The maximum atomic E-state index is 14.2. The van der Waals surface area contributed by atoms with Gasteiger partial charge in [-0.05, 0) is 48.2 Å². The first-order chi connectivity index (χ1) is 19.9. The van der Waals surface area contributed by atoms with E-state index in [4.69, 9.17) is 9.47 Å². The van der Waals surface area contributed by atoms with Gasteiger partial charge in [-0.3, -0.25) is 9.59 Å². The number of nitrogens with zero attached hydrogens (tertiary/aromatic N) is 4. The third-order valence-corrected chi connectivity index (χ3v) is 9.61. The molecular formula is C30H31N5O4S2. The van der Waals surface area contributed by atoms with Crippen molar-refractivity contribution in [2.24, 2.45) is 5.92 Å². The fraction of sp³-hybridized carbons (Fsp3) is 0.333. The van der Waals surface area contributed by atoms with Crippen molar-refractivity contribution in [3.05, 3.63) is 81.0 Å². The first-order valence-electron chi connectivity index (χ1n) is 13.5. The number of aromatic nitrogens is 4. The molecule has 2 atom stereocenters. The molecule has 0 aliphatic carbocycles. The van der Waals surface area contributed by atoms with E-state index in [1.807, 2.05) is 65.9 Å². The Labute approximate surface area is 245 Å². The summed E-state index contributed by atoms with van der Waals surface area (Å²) in [5.41, 5.74) is 2.58. The summed E-state index contributed by atoms with van der Waals surface area (Å²) in [7, 11) is 1.61. The Bertz CT molecular complexity index is 1780. The van der Waals surface area contributed by atoms with Gasteiger partial charge in [-0.25, -0.2) is 8.97 Å². The van der Waals surface area contributed by atoms with E-state index in [-0.39, 0.29) is 17.6 Å². The Kier molecular flexibility index (Phi) is 7.58. The van der Waals surface area contributed by atoms with Gasteiger partial charge in [0, 0.05) is 17.8 Å². The van der Waals surface area contributed by atoms with Crippen molar-refractivity contribution in [1.29, 1.82) is 0 Å². The highest BCUT2D eigenvalue weighted by Gasteiger charge is 2.30. The molecule has 2 unspecified atom stereocenters. The monoisotopic (exact) mass is 589 g/mol. The Morgan fingerprint density at radius 2 is 1.90 bits per heavy atom. The predicted molar refractivity (Wildman–Crippen MR) is 161 cm³/mol. The predicted octanol–water partition coefficient (Wildman–Crippen LogP) is 5.00. The van der Waals surface area contributed by atoms with Gasteiger partial charge in [-0.2, -0.15) is 0 Å². The lowest BCUT2D eigenvalue weighted by Crippen LogP contribution is -2.30. The number of carbonyl (C=O) groups is 1. The van der Waals surface area contributed by atoms with Crippen LogP contribution < -0.4 is 15.6 Å². The first-order valence-corrected chi connectivity index (χ1v) is 15.2. The van der Waals surface area contributed by atoms with Crippen molar-refractivity contribution in [2.75, 3.05) is 7.11 Å². The van der Waals surface area contributed by atoms with Crippen LogP contribution >= 0.6 is 23.1 Å². The van der Waals surface area contributed by atoms with Gasteiger partial charge in [0.05, 0.1) is 36.1 Å². The van der Waals surface area contributed by atoms with E-state index < -0.39 is 5.25 Å². The second-order valence-electron chi connectivity index (χ2n) is 10.4. The van der Waals surface area contributed by atoms with Crippen molar-refractivity contribution in [1.82, 2.24) is 24.5 Å². The molecule has 41 heavy (non-hydrogen) atoms. The largest absolute Gasteiger partial charge is 0.497 e. The third-order valence-electron chi connectivity index (χ3n) is 7.38. The smallest absolute Gasteiger partial charge is 0.268 e. The van der Waals surface area contributed by atoms with Gasteiger partial charge in [0.25, 0.3) is 5.56 Å². The van der Waals surface area contributed by atoms with Gasteiger partial charge in [-0.1, -0.05) is 55.9 Å². The molecule has 1 aliphatic rings. The minimum atomic E-state index is -0.439. The quantitative estimate of drug-likeness (QED) is 0.254. The average molecular weight is 590 g/mol. The maximum Gasteiger partial charge on any atom is 0.268 e. The molecule has 1 N–H and O–H groups in total. The molecule has 4 heterocycles. The topological polar surface area (TPSA) is 99.8 Å².